The highest BCUT2D eigenvalue weighted by Crippen LogP contribution is 2.48. The van der Waals surface area contributed by atoms with E-state index >= 15 is 0 Å². The van der Waals surface area contributed by atoms with Gasteiger partial charge in [-0.25, -0.2) is 8.78 Å². The van der Waals surface area contributed by atoms with Crippen LogP contribution in [-0.2, 0) is 0 Å². The molecule has 19 heavy (non-hydrogen) atoms. The lowest BCUT2D eigenvalue weighted by atomic mass is 10.0. The summed E-state index contributed by atoms with van der Waals surface area (Å²) in [5, 5.41) is 19.8. The van der Waals surface area contributed by atoms with Crippen molar-refractivity contribution in [2.45, 2.75) is 0 Å². The van der Waals surface area contributed by atoms with Crippen LogP contribution in [0.15, 0.2) is 29.2 Å². The summed E-state index contributed by atoms with van der Waals surface area (Å²) in [4.78, 5) is 0.707. The van der Waals surface area contributed by atoms with Crippen molar-refractivity contribution in [2.75, 3.05) is 0 Å². The van der Waals surface area contributed by atoms with Gasteiger partial charge < -0.3 is 0 Å². The Bertz CT molecular complexity index is 803. The van der Waals surface area contributed by atoms with Gasteiger partial charge in [0.25, 0.3) is 0 Å². The predicted octanol–water partition coefficient (Wildman–Crippen LogP) is 3.86. The first kappa shape index (κ1) is 11.6. The van der Waals surface area contributed by atoms with Crippen LogP contribution < -0.4 is 0 Å². The quantitative estimate of drug-likeness (QED) is 0.582. The molecule has 0 radical (unpaired) electrons. The summed E-state index contributed by atoms with van der Waals surface area (Å²) in [6, 6.07) is 7.54. The zero-order valence-corrected chi connectivity index (χ0v) is 10.2. The van der Waals surface area contributed by atoms with Crippen molar-refractivity contribution in [1.29, 1.82) is 10.5 Å². The molecule has 0 bridgehead atoms. The monoisotopic (exact) mass is 270 g/mol. The summed E-state index contributed by atoms with van der Waals surface area (Å²) in [7, 11) is 0. The summed E-state index contributed by atoms with van der Waals surface area (Å²) in [5.41, 5.74) is 1.96. The molecule has 2 aromatic rings. The van der Waals surface area contributed by atoms with Gasteiger partial charge in [0.2, 0.25) is 0 Å². The number of benzene rings is 1. The van der Waals surface area contributed by atoms with Crippen LogP contribution in [0.2, 0.25) is 0 Å². The molecule has 1 aromatic heterocycles. The second-order valence-electron chi connectivity index (χ2n) is 3.95. The summed E-state index contributed by atoms with van der Waals surface area (Å²) in [6.45, 7) is 0. The Morgan fingerprint density at radius 2 is 1.63 bits per heavy atom. The van der Waals surface area contributed by atoms with Gasteiger partial charge in [0, 0.05) is 16.0 Å². The maximum Gasteiger partial charge on any atom is 0.159 e. The fourth-order valence-electron chi connectivity index (χ4n) is 2.20. The van der Waals surface area contributed by atoms with Crippen LogP contribution in [-0.4, -0.2) is 0 Å². The van der Waals surface area contributed by atoms with Gasteiger partial charge in [-0.15, -0.1) is 11.3 Å². The van der Waals surface area contributed by atoms with E-state index in [1.54, 1.807) is 11.4 Å². The molecule has 0 saturated carbocycles. The summed E-state index contributed by atoms with van der Waals surface area (Å²) >= 11 is 1.34. The number of hydrogen-bond acceptors (Lipinski definition) is 3. The lowest BCUT2D eigenvalue weighted by molar-refractivity contribution is 0.509. The Balaban J connectivity index is 2.46. The Labute approximate surface area is 111 Å². The van der Waals surface area contributed by atoms with Crippen LogP contribution in [0.3, 0.4) is 0 Å². The number of nitrogens with zero attached hydrogens (tertiary/aromatic N) is 2. The molecule has 0 atom stereocenters. The average Bonchev–Trinajstić information content (AvgIpc) is 2.96. The van der Waals surface area contributed by atoms with Gasteiger partial charge in [-0.2, -0.15) is 10.5 Å². The number of thiophene rings is 1. The summed E-state index contributed by atoms with van der Waals surface area (Å²) in [6.07, 6.45) is 0. The molecule has 1 aliphatic rings. The van der Waals surface area contributed by atoms with Crippen molar-refractivity contribution in [2.24, 2.45) is 0 Å². The lowest BCUT2D eigenvalue weighted by Crippen LogP contribution is -1.90. The molecule has 0 aliphatic heterocycles. The van der Waals surface area contributed by atoms with Gasteiger partial charge >= 0.3 is 0 Å². The molecule has 5 heteroatoms. The maximum absolute atomic E-state index is 13.4. The largest absolute Gasteiger partial charge is 0.204 e. The molecule has 0 saturated heterocycles. The Hall–Kier alpha value is -2.50. The van der Waals surface area contributed by atoms with E-state index < -0.39 is 11.6 Å². The van der Waals surface area contributed by atoms with Gasteiger partial charge in [0.05, 0.1) is 0 Å². The molecule has 0 amide bonds. The van der Waals surface area contributed by atoms with Crippen molar-refractivity contribution in [3.8, 4) is 23.3 Å². The number of allylic oxidation sites excluding steroid dienone is 1. The average molecular weight is 270 g/mol. The maximum atomic E-state index is 13.4. The number of nitriles is 2. The van der Waals surface area contributed by atoms with Gasteiger partial charge in [0.1, 0.15) is 17.7 Å². The minimum absolute atomic E-state index is 0.0894. The topological polar surface area (TPSA) is 47.6 Å². The number of halogens is 2. The van der Waals surface area contributed by atoms with Gasteiger partial charge in [-0.3, -0.25) is 0 Å². The summed E-state index contributed by atoms with van der Waals surface area (Å²) in [5.74, 6) is -1.92. The van der Waals surface area contributed by atoms with Gasteiger partial charge in [-0.05, 0) is 34.7 Å². The zero-order valence-electron chi connectivity index (χ0n) is 9.37. The highest BCUT2D eigenvalue weighted by molar-refractivity contribution is 7.12. The van der Waals surface area contributed by atoms with Crippen LogP contribution in [0.1, 0.15) is 10.4 Å². The zero-order chi connectivity index (χ0) is 13.6. The van der Waals surface area contributed by atoms with E-state index in [9.17, 15) is 8.78 Å². The van der Waals surface area contributed by atoms with Crippen molar-refractivity contribution >= 4 is 16.9 Å². The third-order valence-corrected chi connectivity index (χ3v) is 3.92. The molecule has 0 fully saturated rings. The van der Waals surface area contributed by atoms with E-state index in [0.29, 0.717) is 21.6 Å². The normalized spacial score (nSPS) is 11.5. The van der Waals surface area contributed by atoms with Crippen LogP contribution in [0.5, 0.6) is 0 Å². The van der Waals surface area contributed by atoms with Crippen LogP contribution in [0.4, 0.5) is 8.78 Å². The SMILES string of the molecule is N#CC(C#N)=C1c2cc(F)c(F)cc2-c2ccsc21. The first-order valence-corrected chi connectivity index (χ1v) is 6.17. The highest BCUT2D eigenvalue weighted by atomic mass is 32.1. The van der Waals surface area contributed by atoms with Crippen molar-refractivity contribution in [1.82, 2.24) is 0 Å². The molecule has 0 unspecified atom stereocenters. The third kappa shape index (κ3) is 1.49. The Morgan fingerprint density at radius 1 is 1.00 bits per heavy atom. The van der Waals surface area contributed by atoms with Crippen LogP contribution >= 0.6 is 11.3 Å². The number of hydrogen-bond donors (Lipinski definition) is 0. The lowest BCUT2D eigenvalue weighted by Gasteiger charge is -2.03. The highest BCUT2D eigenvalue weighted by Gasteiger charge is 2.29. The van der Waals surface area contributed by atoms with E-state index in [4.69, 9.17) is 10.5 Å². The second kappa shape index (κ2) is 4.01. The first-order chi connectivity index (χ1) is 9.17. The van der Waals surface area contributed by atoms with Crippen molar-refractivity contribution in [3.05, 3.63) is 51.2 Å². The minimum atomic E-state index is -0.985. The molecule has 0 spiro atoms. The van der Waals surface area contributed by atoms with Crippen LogP contribution in [0, 0.1) is 34.3 Å². The van der Waals surface area contributed by atoms with E-state index in [1.807, 2.05) is 12.1 Å². The fourth-order valence-corrected chi connectivity index (χ4v) is 3.17. The fraction of sp³-hybridized carbons (Fsp3) is 0. The standard InChI is InChI=1S/C14H4F2N2S/c15-11-3-9-8-1-2-19-14(8)13(7(5-17)6-18)10(9)4-12(11)16/h1-4H. The van der Waals surface area contributed by atoms with E-state index in [1.165, 1.54) is 11.3 Å². The summed E-state index contributed by atoms with van der Waals surface area (Å²) < 4.78 is 26.7. The molecule has 1 aliphatic carbocycles. The van der Waals surface area contributed by atoms with Crippen molar-refractivity contribution < 1.29 is 8.78 Å². The second-order valence-corrected chi connectivity index (χ2v) is 4.87. The molecule has 0 N–H and O–H groups in total. The van der Waals surface area contributed by atoms with Crippen LogP contribution in [0.25, 0.3) is 16.7 Å². The minimum Gasteiger partial charge on any atom is -0.204 e. The molecule has 90 valence electrons. The molecular formula is C14H4F2N2S. The third-order valence-electron chi connectivity index (χ3n) is 2.99. The van der Waals surface area contributed by atoms with Gasteiger partial charge in [0.15, 0.2) is 11.6 Å². The molecular weight excluding hydrogens is 266 g/mol. The van der Waals surface area contributed by atoms with Crippen molar-refractivity contribution in [3.63, 3.8) is 0 Å². The molecule has 2 nitrogen and oxygen atoms in total. The number of rotatable bonds is 0. The smallest absolute Gasteiger partial charge is 0.159 e. The number of fused-ring (bicyclic) bond motifs is 3. The Kier molecular flexibility index (Phi) is 2.45. The molecule has 1 aromatic carbocycles. The first-order valence-electron chi connectivity index (χ1n) is 5.29. The Morgan fingerprint density at radius 3 is 2.26 bits per heavy atom. The van der Waals surface area contributed by atoms with E-state index in [0.717, 1.165) is 17.7 Å². The molecule has 1 heterocycles. The van der Waals surface area contributed by atoms with Gasteiger partial charge in [-0.1, -0.05) is 0 Å². The predicted molar refractivity (Wildman–Crippen MR) is 66.9 cm³/mol. The molecule has 3 rings (SSSR count). The van der Waals surface area contributed by atoms with E-state index in [-0.39, 0.29) is 5.57 Å². The van der Waals surface area contributed by atoms with E-state index in [2.05, 4.69) is 0 Å².